The van der Waals surface area contributed by atoms with E-state index in [0.717, 1.165) is 19.3 Å². The fourth-order valence-corrected chi connectivity index (χ4v) is 10.7. The summed E-state index contributed by atoms with van der Waals surface area (Å²) >= 11 is 0. The van der Waals surface area contributed by atoms with Crippen molar-refractivity contribution in [1.29, 1.82) is 0 Å². The van der Waals surface area contributed by atoms with Gasteiger partial charge < -0.3 is 26.2 Å². The second-order valence-electron chi connectivity index (χ2n) is 17.8. The highest BCUT2D eigenvalue weighted by Crippen LogP contribution is 2.65. The highest BCUT2D eigenvalue weighted by molar-refractivity contribution is 7.93. The van der Waals surface area contributed by atoms with E-state index >= 15 is 0 Å². The van der Waals surface area contributed by atoms with Gasteiger partial charge in [0.05, 0.1) is 15.5 Å². The minimum absolute atomic E-state index is 0.0619. The van der Waals surface area contributed by atoms with Crippen molar-refractivity contribution in [2.24, 2.45) is 28.6 Å². The van der Waals surface area contributed by atoms with Crippen LogP contribution in [0.4, 0.5) is 4.79 Å². The number of fused-ring (bicyclic) bond motifs is 1. The number of Topliss-reactive ketones (excluding diaryl/α,β-unsaturated/α-hetero) is 1. The molecule has 1 heterocycles. The van der Waals surface area contributed by atoms with Crippen LogP contribution in [-0.2, 0) is 29.0 Å². The number of piperidine rings is 1. The third-order valence-electron chi connectivity index (χ3n) is 12.2. The van der Waals surface area contributed by atoms with Crippen molar-refractivity contribution in [3.8, 4) is 0 Å². The van der Waals surface area contributed by atoms with Crippen molar-refractivity contribution in [3.63, 3.8) is 0 Å². The van der Waals surface area contributed by atoms with Gasteiger partial charge in [-0.3, -0.25) is 19.2 Å². The van der Waals surface area contributed by atoms with Gasteiger partial charge in [-0.25, -0.2) is 13.2 Å². The molecule has 0 bridgehead atoms. The van der Waals surface area contributed by atoms with Crippen molar-refractivity contribution >= 4 is 39.4 Å². The van der Waals surface area contributed by atoms with Crippen LogP contribution in [0.25, 0.3) is 0 Å². The second kappa shape index (κ2) is 13.1. The van der Waals surface area contributed by atoms with Crippen LogP contribution < -0.4 is 21.3 Å². The van der Waals surface area contributed by atoms with Crippen molar-refractivity contribution in [2.75, 3.05) is 13.1 Å². The largest absolute Gasteiger partial charge is 0.350 e. The Morgan fingerprint density at radius 3 is 2.00 bits per heavy atom. The molecule has 0 aromatic carbocycles. The first kappa shape index (κ1) is 39.1. The summed E-state index contributed by atoms with van der Waals surface area (Å²) in [6.07, 6.45) is 4.48. The molecule has 1 saturated heterocycles. The predicted molar refractivity (Wildman–Crippen MR) is 188 cm³/mol. The summed E-state index contributed by atoms with van der Waals surface area (Å²) in [4.78, 5) is 70.0. The minimum atomic E-state index is -3.64. The van der Waals surface area contributed by atoms with Crippen molar-refractivity contribution < 1.29 is 32.4 Å². The van der Waals surface area contributed by atoms with Crippen LogP contribution >= 0.6 is 0 Å². The van der Waals surface area contributed by atoms with E-state index in [1.54, 1.807) is 39.5 Å². The molecular weight excluding hydrogens is 646 g/mol. The Bertz CT molecular complexity index is 1460. The SMILES string of the molecule is CCNC(=O)C(=O)C1(NC(=O)[C@@H]2C3C(CN2C(=O)[C@H](NC(=O)NC2([C@H](C)S(=O)(=O)C(C)(C)C)CCCCC2)C(C)(C)C)C3(C)C)C[C@@H]1CC. The molecule has 13 heteroatoms. The third kappa shape index (κ3) is 6.98. The highest BCUT2D eigenvalue weighted by atomic mass is 32.2. The van der Waals surface area contributed by atoms with E-state index in [9.17, 15) is 32.4 Å². The number of likely N-dealkylation sites (N-methyl/N-ethyl adjacent to an activating group) is 1. The molecule has 0 aromatic heterocycles. The maximum Gasteiger partial charge on any atom is 0.315 e. The van der Waals surface area contributed by atoms with Crippen LogP contribution in [-0.4, -0.2) is 89.1 Å². The van der Waals surface area contributed by atoms with Gasteiger partial charge in [0.15, 0.2) is 9.84 Å². The molecule has 0 aromatic rings. The Labute approximate surface area is 293 Å². The van der Waals surface area contributed by atoms with E-state index < -0.39 is 77.9 Å². The zero-order chi connectivity index (χ0) is 37.1. The number of amides is 5. The number of rotatable bonds is 11. The Morgan fingerprint density at radius 1 is 0.918 bits per heavy atom. The molecule has 4 N–H and O–H groups in total. The Kier molecular flexibility index (Phi) is 10.5. The number of hydrogen-bond acceptors (Lipinski definition) is 7. The van der Waals surface area contributed by atoms with Crippen molar-refractivity contribution in [1.82, 2.24) is 26.2 Å². The first-order valence-electron chi connectivity index (χ1n) is 18.2. The van der Waals surface area contributed by atoms with E-state index in [1.807, 2.05) is 27.7 Å². The molecule has 7 atom stereocenters. The average Bonchev–Trinajstić information content (AvgIpc) is 3.76. The predicted octanol–water partition coefficient (Wildman–Crippen LogP) is 3.48. The quantitative estimate of drug-likeness (QED) is 0.238. The molecule has 3 saturated carbocycles. The molecule has 1 aliphatic heterocycles. The summed E-state index contributed by atoms with van der Waals surface area (Å²) in [7, 11) is -3.64. The molecule has 4 fully saturated rings. The maximum atomic E-state index is 14.5. The van der Waals surface area contributed by atoms with Gasteiger partial charge in [0, 0.05) is 13.1 Å². The Balaban J connectivity index is 1.59. The third-order valence-corrected chi connectivity index (χ3v) is 15.3. The molecular formula is C36H61N5O7S. The van der Waals surface area contributed by atoms with Gasteiger partial charge in [-0.15, -0.1) is 0 Å². The van der Waals surface area contributed by atoms with Gasteiger partial charge in [0.2, 0.25) is 17.6 Å². The van der Waals surface area contributed by atoms with Crippen LogP contribution in [0, 0.1) is 28.6 Å². The Hall–Kier alpha value is -2.70. The van der Waals surface area contributed by atoms with Crippen LogP contribution in [0.3, 0.4) is 0 Å². The molecule has 4 aliphatic rings. The van der Waals surface area contributed by atoms with Gasteiger partial charge in [-0.05, 0) is 82.5 Å². The molecule has 5 amide bonds. The number of nitrogens with one attached hydrogen (secondary N) is 4. The molecule has 278 valence electrons. The lowest BCUT2D eigenvalue weighted by molar-refractivity contribution is -0.145. The van der Waals surface area contributed by atoms with Gasteiger partial charge in [-0.1, -0.05) is 67.2 Å². The van der Waals surface area contributed by atoms with E-state index in [4.69, 9.17) is 0 Å². The number of sulfone groups is 1. The zero-order valence-electron chi connectivity index (χ0n) is 31.5. The molecule has 4 rings (SSSR count). The van der Waals surface area contributed by atoms with Gasteiger partial charge in [-0.2, -0.15) is 0 Å². The van der Waals surface area contributed by atoms with Crippen molar-refractivity contribution in [3.05, 3.63) is 0 Å². The first-order valence-corrected chi connectivity index (χ1v) is 19.7. The molecule has 49 heavy (non-hydrogen) atoms. The van der Waals surface area contributed by atoms with Crippen LogP contribution in [0.2, 0.25) is 0 Å². The normalized spacial score (nSPS) is 29.9. The van der Waals surface area contributed by atoms with E-state index in [0.29, 0.717) is 32.2 Å². The number of nitrogens with zero attached hydrogens (tertiary/aromatic N) is 1. The van der Waals surface area contributed by atoms with Gasteiger partial charge in [0.25, 0.3) is 5.91 Å². The lowest BCUT2D eigenvalue weighted by Crippen LogP contribution is -2.66. The number of carbonyl (C=O) groups excluding carboxylic acids is 5. The maximum absolute atomic E-state index is 14.5. The topological polar surface area (TPSA) is 171 Å². The number of likely N-dealkylation sites (tertiary alicyclic amines) is 1. The summed E-state index contributed by atoms with van der Waals surface area (Å²) in [6.45, 7) is 20.6. The minimum Gasteiger partial charge on any atom is -0.350 e. The van der Waals surface area contributed by atoms with Gasteiger partial charge >= 0.3 is 6.03 Å². The second-order valence-corrected chi connectivity index (χ2v) is 20.8. The summed E-state index contributed by atoms with van der Waals surface area (Å²) in [6, 6.07) is -2.53. The molecule has 3 aliphatic carbocycles. The summed E-state index contributed by atoms with van der Waals surface area (Å²) < 4.78 is 26.2. The standard InChI is InChI=1S/C36H61N5O7S/c1-12-22-19-36(22,27(42)29(44)37-13-2)39-28(43)25-24-23(34(24,10)11)20-41(25)30(45)26(32(4,5)6)38-31(46)40-35(17-15-14-16-18-35)21(3)49(47,48)33(7,8)9/h21-26H,12-20H2,1-11H3,(H,37,44)(H,39,43)(H2,38,40,46)/t21-,22-,23?,24?,25-,26-,36?/m0/s1. The van der Waals surface area contributed by atoms with Crippen LogP contribution in [0.5, 0.6) is 0 Å². The summed E-state index contributed by atoms with van der Waals surface area (Å²) in [5.74, 6) is -2.52. The number of carbonyl (C=O) groups is 5. The summed E-state index contributed by atoms with van der Waals surface area (Å²) in [5, 5.41) is 10.6. The fraction of sp³-hybridized carbons (Fsp3) is 0.861. The van der Waals surface area contributed by atoms with E-state index in [2.05, 4.69) is 35.1 Å². The van der Waals surface area contributed by atoms with Crippen molar-refractivity contribution in [2.45, 2.75) is 154 Å². The Morgan fingerprint density at radius 2 is 1.51 bits per heavy atom. The van der Waals surface area contributed by atoms with E-state index in [1.165, 1.54) is 0 Å². The lowest BCUT2D eigenvalue weighted by Gasteiger charge is -2.45. The number of ketones is 1. The highest BCUT2D eigenvalue weighted by Gasteiger charge is 2.71. The van der Waals surface area contributed by atoms with E-state index in [-0.39, 0.29) is 29.7 Å². The number of hydrogen-bond donors (Lipinski definition) is 4. The fourth-order valence-electron chi connectivity index (χ4n) is 8.71. The molecule has 0 radical (unpaired) electrons. The monoisotopic (exact) mass is 707 g/mol. The van der Waals surface area contributed by atoms with Crippen LogP contribution in [0.1, 0.15) is 121 Å². The average molecular weight is 708 g/mol. The first-order chi connectivity index (χ1) is 22.4. The van der Waals surface area contributed by atoms with Crippen LogP contribution in [0.15, 0.2) is 0 Å². The summed E-state index contributed by atoms with van der Waals surface area (Å²) in [5.41, 5.74) is -3.25. The number of urea groups is 1. The van der Waals surface area contributed by atoms with Gasteiger partial charge in [0.1, 0.15) is 17.6 Å². The molecule has 12 nitrogen and oxygen atoms in total. The molecule has 3 unspecified atom stereocenters. The smallest absolute Gasteiger partial charge is 0.315 e. The zero-order valence-corrected chi connectivity index (χ0v) is 32.4. The molecule has 0 spiro atoms. The lowest BCUT2D eigenvalue weighted by atomic mass is 9.79.